The third kappa shape index (κ3) is 2.89. The smallest absolute Gasteiger partial charge is 0.293 e. The first kappa shape index (κ1) is 15.5. The number of aromatic nitrogens is 2. The van der Waals surface area contributed by atoms with Gasteiger partial charge in [0.2, 0.25) is 5.13 Å². The Morgan fingerprint density at radius 3 is 2.68 bits per heavy atom. The van der Waals surface area contributed by atoms with Crippen LogP contribution < -0.4 is 5.32 Å². The molecular formula is C18H12FN3O2S. The number of halogens is 1. The second kappa shape index (κ2) is 6.10. The third-order valence-corrected chi connectivity index (χ3v) is 4.43. The van der Waals surface area contributed by atoms with Crippen LogP contribution in [0.5, 0.6) is 0 Å². The van der Waals surface area contributed by atoms with Crippen LogP contribution in [0.25, 0.3) is 22.4 Å². The topological polar surface area (TPSA) is 68.0 Å². The summed E-state index contributed by atoms with van der Waals surface area (Å²) in [5.41, 5.74) is 2.11. The molecule has 0 aliphatic carbocycles. The number of fused-ring (bicyclic) bond motifs is 1. The molecule has 1 amide bonds. The molecular weight excluding hydrogens is 341 g/mol. The van der Waals surface area contributed by atoms with Crippen LogP contribution in [-0.4, -0.2) is 15.3 Å². The van der Waals surface area contributed by atoms with Gasteiger partial charge in [0.05, 0.1) is 0 Å². The zero-order chi connectivity index (χ0) is 17.4. The van der Waals surface area contributed by atoms with Crippen LogP contribution in [0, 0.1) is 12.7 Å². The predicted octanol–water partition coefficient (Wildman–Crippen LogP) is 4.65. The lowest BCUT2D eigenvalue weighted by Crippen LogP contribution is -2.11. The minimum Gasteiger partial charge on any atom is -0.451 e. The van der Waals surface area contributed by atoms with E-state index in [1.165, 1.54) is 12.1 Å². The predicted molar refractivity (Wildman–Crippen MR) is 94.2 cm³/mol. The van der Waals surface area contributed by atoms with Gasteiger partial charge in [-0.1, -0.05) is 18.2 Å². The molecule has 1 N–H and O–H groups in total. The molecule has 25 heavy (non-hydrogen) atoms. The van der Waals surface area contributed by atoms with Crippen molar-refractivity contribution in [1.29, 1.82) is 0 Å². The summed E-state index contributed by atoms with van der Waals surface area (Å²) < 4.78 is 22.8. The molecule has 2 aromatic heterocycles. The van der Waals surface area contributed by atoms with Crippen LogP contribution in [0.2, 0.25) is 0 Å². The van der Waals surface area contributed by atoms with Crippen molar-refractivity contribution in [1.82, 2.24) is 9.36 Å². The molecule has 0 bridgehead atoms. The van der Waals surface area contributed by atoms with Gasteiger partial charge in [0.1, 0.15) is 11.4 Å². The molecule has 7 heteroatoms. The Morgan fingerprint density at radius 2 is 1.92 bits per heavy atom. The molecule has 2 aromatic carbocycles. The number of hydrogen-bond acceptors (Lipinski definition) is 5. The average Bonchev–Trinajstić information content (AvgIpc) is 3.21. The van der Waals surface area contributed by atoms with Gasteiger partial charge in [-0.05, 0) is 37.3 Å². The Kier molecular flexibility index (Phi) is 3.77. The molecule has 0 aliphatic rings. The first-order valence-electron chi connectivity index (χ1n) is 7.51. The highest BCUT2D eigenvalue weighted by molar-refractivity contribution is 7.10. The van der Waals surface area contributed by atoms with E-state index in [4.69, 9.17) is 4.42 Å². The fourth-order valence-corrected chi connectivity index (χ4v) is 3.12. The zero-order valence-corrected chi connectivity index (χ0v) is 13.9. The fraction of sp³-hybridized carbons (Fsp3) is 0.0556. The van der Waals surface area contributed by atoms with Gasteiger partial charge in [-0.2, -0.15) is 9.36 Å². The highest BCUT2D eigenvalue weighted by atomic mass is 32.1. The second-order valence-corrected chi connectivity index (χ2v) is 6.19. The van der Waals surface area contributed by atoms with Crippen molar-refractivity contribution in [3.05, 3.63) is 65.7 Å². The molecule has 5 nitrogen and oxygen atoms in total. The number of anilines is 1. The molecule has 0 atom stereocenters. The Bertz CT molecular complexity index is 1070. The van der Waals surface area contributed by atoms with E-state index in [9.17, 15) is 9.18 Å². The minimum absolute atomic E-state index is 0.250. The minimum atomic E-state index is -0.379. The highest BCUT2D eigenvalue weighted by Gasteiger charge is 2.19. The lowest BCUT2D eigenvalue weighted by Gasteiger charge is -1.98. The van der Waals surface area contributed by atoms with Crippen LogP contribution in [-0.2, 0) is 0 Å². The molecule has 2 heterocycles. The number of benzene rings is 2. The molecule has 0 saturated heterocycles. The molecule has 0 aliphatic heterocycles. The van der Waals surface area contributed by atoms with Crippen molar-refractivity contribution in [3.63, 3.8) is 0 Å². The van der Waals surface area contributed by atoms with E-state index in [2.05, 4.69) is 14.7 Å². The number of amides is 1. The van der Waals surface area contributed by atoms with E-state index in [0.29, 0.717) is 22.1 Å². The lowest BCUT2D eigenvalue weighted by molar-refractivity contribution is 0.0998. The van der Waals surface area contributed by atoms with Gasteiger partial charge in [0.25, 0.3) is 5.91 Å². The lowest BCUT2D eigenvalue weighted by atomic mass is 10.1. The van der Waals surface area contributed by atoms with Crippen LogP contribution in [0.1, 0.15) is 16.1 Å². The zero-order valence-electron chi connectivity index (χ0n) is 13.1. The van der Waals surface area contributed by atoms with Crippen molar-refractivity contribution >= 4 is 33.5 Å². The summed E-state index contributed by atoms with van der Waals surface area (Å²) >= 11 is 1.06. The van der Waals surface area contributed by atoms with E-state index in [0.717, 1.165) is 22.5 Å². The number of hydrogen-bond donors (Lipinski definition) is 1. The maximum atomic E-state index is 13.0. The number of rotatable bonds is 3. The monoisotopic (exact) mass is 353 g/mol. The standard InChI is InChI=1S/C18H12FN3O2S/c1-10-13-4-2-3-5-14(13)24-15(10)17(23)21-18-20-16(22-25-18)11-6-8-12(19)9-7-11/h2-9H,1H3,(H,20,21,22,23). The van der Waals surface area contributed by atoms with Crippen molar-refractivity contribution in [2.75, 3.05) is 5.32 Å². The molecule has 0 fully saturated rings. The molecule has 124 valence electrons. The summed E-state index contributed by atoms with van der Waals surface area (Å²) in [6.45, 7) is 1.84. The normalized spacial score (nSPS) is 11.0. The Labute approximate surface area is 146 Å². The van der Waals surface area contributed by atoms with Crippen LogP contribution in [0.15, 0.2) is 52.9 Å². The number of nitrogens with zero attached hydrogens (tertiary/aromatic N) is 2. The number of carbonyl (C=O) groups excluding carboxylic acids is 1. The van der Waals surface area contributed by atoms with Crippen molar-refractivity contribution < 1.29 is 13.6 Å². The summed E-state index contributed by atoms with van der Waals surface area (Å²) in [5.74, 6) is -0.0234. The maximum absolute atomic E-state index is 13.0. The van der Waals surface area contributed by atoms with Gasteiger partial charge in [0, 0.05) is 28.0 Å². The maximum Gasteiger partial charge on any atom is 0.293 e. The van der Waals surface area contributed by atoms with E-state index < -0.39 is 0 Å². The first-order valence-corrected chi connectivity index (χ1v) is 8.28. The van der Waals surface area contributed by atoms with Gasteiger partial charge < -0.3 is 4.42 Å². The molecule has 0 saturated carbocycles. The number of nitrogens with one attached hydrogen (secondary N) is 1. The van der Waals surface area contributed by atoms with Gasteiger partial charge in [-0.25, -0.2) is 4.39 Å². The quantitative estimate of drug-likeness (QED) is 0.582. The van der Waals surface area contributed by atoms with Gasteiger partial charge in [-0.15, -0.1) is 0 Å². The largest absolute Gasteiger partial charge is 0.451 e. The Morgan fingerprint density at radius 1 is 1.16 bits per heavy atom. The second-order valence-electron chi connectivity index (χ2n) is 5.44. The van der Waals surface area contributed by atoms with E-state index in [1.807, 2.05) is 31.2 Å². The Hall–Kier alpha value is -3.06. The SMILES string of the molecule is Cc1c(C(=O)Nc2nc(-c3ccc(F)cc3)ns2)oc2ccccc12. The van der Waals surface area contributed by atoms with Crippen molar-refractivity contribution in [3.8, 4) is 11.4 Å². The number of aryl methyl sites for hydroxylation is 1. The van der Waals surface area contributed by atoms with E-state index in [-0.39, 0.29) is 17.5 Å². The van der Waals surface area contributed by atoms with Crippen molar-refractivity contribution in [2.45, 2.75) is 6.92 Å². The summed E-state index contributed by atoms with van der Waals surface area (Å²) in [6.07, 6.45) is 0. The average molecular weight is 353 g/mol. The molecule has 0 unspecified atom stereocenters. The van der Waals surface area contributed by atoms with Crippen LogP contribution in [0.4, 0.5) is 9.52 Å². The van der Waals surface area contributed by atoms with Crippen molar-refractivity contribution in [2.24, 2.45) is 0 Å². The first-order chi connectivity index (χ1) is 12.1. The van der Waals surface area contributed by atoms with Gasteiger partial charge >= 0.3 is 0 Å². The van der Waals surface area contributed by atoms with Gasteiger partial charge in [-0.3, -0.25) is 10.1 Å². The van der Waals surface area contributed by atoms with E-state index in [1.54, 1.807) is 12.1 Å². The molecule has 0 spiro atoms. The van der Waals surface area contributed by atoms with Crippen LogP contribution in [0.3, 0.4) is 0 Å². The summed E-state index contributed by atoms with van der Waals surface area (Å²) in [7, 11) is 0. The molecule has 4 rings (SSSR count). The fourth-order valence-electron chi connectivity index (χ4n) is 2.54. The molecule has 4 aromatic rings. The summed E-state index contributed by atoms with van der Waals surface area (Å²) in [4.78, 5) is 16.7. The summed E-state index contributed by atoms with van der Waals surface area (Å²) in [6, 6.07) is 13.3. The third-order valence-electron chi connectivity index (χ3n) is 3.80. The summed E-state index contributed by atoms with van der Waals surface area (Å²) in [5, 5.41) is 3.95. The number of carbonyl (C=O) groups is 1. The van der Waals surface area contributed by atoms with Gasteiger partial charge in [0.15, 0.2) is 11.6 Å². The molecule has 0 radical (unpaired) electrons. The highest BCUT2D eigenvalue weighted by Crippen LogP contribution is 2.26. The van der Waals surface area contributed by atoms with E-state index >= 15 is 0 Å². The Balaban J connectivity index is 1.58. The number of furan rings is 1. The van der Waals surface area contributed by atoms with Crippen LogP contribution >= 0.6 is 11.5 Å². The number of para-hydroxylation sites is 1.